The summed E-state index contributed by atoms with van der Waals surface area (Å²) >= 11 is 3.48. The van der Waals surface area contributed by atoms with E-state index in [9.17, 15) is 9.59 Å². The summed E-state index contributed by atoms with van der Waals surface area (Å²) in [5.41, 5.74) is 0. The molecule has 0 aliphatic carbocycles. The van der Waals surface area contributed by atoms with Gasteiger partial charge in [0.15, 0.2) is 0 Å². The van der Waals surface area contributed by atoms with Crippen LogP contribution in [-0.4, -0.2) is 65.1 Å². The molecule has 1 unspecified atom stereocenters. The predicted molar refractivity (Wildman–Crippen MR) is 47.0 cm³/mol. The second-order valence-corrected chi connectivity index (χ2v) is 2.08. The Morgan fingerprint density at radius 3 is 1.73 bits per heavy atom. The Hall–Kier alpha value is 0.485. The molecular weight excluding hydrogens is 158 g/mol. The van der Waals surface area contributed by atoms with E-state index in [0.717, 1.165) is 0 Å². The van der Waals surface area contributed by atoms with Crippen LogP contribution in [0.25, 0.3) is 0 Å². The molecule has 0 aromatic heterocycles. The van der Waals surface area contributed by atoms with Crippen molar-refractivity contribution in [2.45, 2.75) is 11.7 Å². The van der Waals surface area contributed by atoms with Crippen LogP contribution in [0.2, 0.25) is 0 Å². The van der Waals surface area contributed by atoms with Crippen molar-refractivity contribution in [3.63, 3.8) is 0 Å². The number of thiol groups is 1. The van der Waals surface area contributed by atoms with Gasteiger partial charge >= 0.3 is 49.7 Å². The molecule has 2 N–H and O–H groups in total. The molecule has 0 saturated carbocycles. The van der Waals surface area contributed by atoms with Crippen molar-refractivity contribution in [1.82, 2.24) is 0 Å². The van der Waals surface area contributed by atoms with Gasteiger partial charge in [-0.25, -0.2) is 0 Å². The van der Waals surface area contributed by atoms with Gasteiger partial charge in [0.1, 0.15) is 5.25 Å². The molecule has 0 bridgehead atoms. The van der Waals surface area contributed by atoms with Gasteiger partial charge < -0.3 is 10.2 Å². The van der Waals surface area contributed by atoms with Crippen LogP contribution in [0.15, 0.2) is 0 Å². The first-order chi connectivity index (χ1) is 4.04. The quantitative estimate of drug-likeness (QED) is 0.354. The molecule has 0 aromatic rings. The van der Waals surface area contributed by atoms with Crippen LogP contribution < -0.4 is 0 Å². The topological polar surface area (TPSA) is 74.6 Å². The van der Waals surface area contributed by atoms with E-state index in [-0.39, 0.29) is 37.7 Å². The average molecular weight is 166 g/mol. The summed E-state index contributed by atoms with van der Waals surface area (Å²) < 4.78 is 0. The fraction of sp³-hybridized carbons (Fsp3) is 0.500. The van der Waals surface area contributed by atoms with Crippen LogP contribution in [-0.2, 0) is 9.59 Å². The van der Waals surface area contributed by atoms with Crippen molar-refractivity contribution in [3.8, 4) is 0 Å². The summed E-state index contributed by atoms with van der Waals surface area (Å²) in [5, 5.41) is 15.0. The third-order valence-electron chi connectivity index (χ3n) is 0.653. The van der Waals surface area contributed by atoms with Gasteiger partial charge in [0, 0.05) is 0 Å². The fourth-order valence-corrected chi connectivity index (χ4v) is 0.409. The van der Waals surface area contributed by atoms with Crippen molar-refractivity contribution < 1.29 is 19.8 Å². The van der Waals surface area contributed by atoms with Gasteiger partial charge in [-0.1, -0.05) is 0 Å². The Kier molecular flexibility index (Phi) is 13.7. The van der Waals surface area contributed by atoms with E-state index in [1.54, 1.807) is 0 Å². The Bertz CT molecular complexity index is 140. The molecule has 56 valence electrons. The zero-order chi connectivity index (χ0) is 7.44. The zero-order valence-corrected chi connectivity index (χ0v) is 5.34. The maximum atomic E-state index is 9.90. The van der Waals surface area contributed by atoms with Crippen molar-refractivity contribution in [2.24, 2.45) is 0 Å². The summed E-state index contributed by atoms with van der Waals surface area (Å²) in [6.07, 6.45) is -0.446. The number of carbonyl (C=O) groups is 2. The Balaban J connectivity index is -0.000000320. The van der Waals surface area contributed by atoms with Crippen molar-refractivity contribution >= 4 is 62.3 Å². The number of rotatable bonds is 3. The van der Waals surface area contributed by atoms with E-state index in [1.165, 1.54) is 0 Å². The minimum absolute atomic E-state index is 0. The molecule has 0 saturated heterocycles. The van der Waals surface area contributed by atoms with Crippen LogP contribution in [0.3, 0.4) is 0 Å². The Morgan fingerprint density at radius 1 is 1.27 bits per heavy atom. The molecule has 0 fully saturated rings. The van der Waals surface area contributed by atoms with E-state index in [0.29, 0.717) is 0 Å². The number of hydrogen-bond donors (Lipinski definition) is 3. The van der Waals surface area contributed by atoms with Gasteiger partial charge in [-0.3, -0.25) is 9.59 Å². The van der Waals surface area contributed by atoms with Gasteiger partial charge in [-0.2, -0.15) is 12.6 Å². The molecule has 0 aromatic carbocycles. The van der Waals surface area contributed by atoms with Crippen LogP contribution in [0.4, 0.5) is 0 Å². The predicted octanol–water partition coefficient (Wildman–Crippen LogP) is -1.45. The normalized spacial score (nSPS) is 10.3. The third kappa shape index (κ3) is 10.5. The number of hydrogen-bond acceptors (Lipinski definition) is 3. The Morgan fingerprint density at radius 2 is 1.64 bits per heavy atom. The van der Waals surface area contributed by atoms with Crippen LogP contribution >= 0.6 is 12.6 Å². The van der Waals surface area contributed by atoms with Crippen molar-refractivity contribution in [1.29, 1.82) is 0 Å². The number of aliphatic carboxylic acids is 2. The Labute approximate surface area is 93.5 Å². The van der Waals surface area contributed by atoms with E-state index in [4.69, 9.17) is 10.2 Å². The summed E-state index contributed by atoms with van der Waals surface area (Å²) in [6.45, 7) is 0. The van der Waals surface area contributed by atoms with Gasteiger partial charge in [-0.05, 0) is 0 Å². The third-order valence-corrected chi connectivity index (χ3v) is 1.06. The molecule has 0 aliphatic rings. The van der Waals surface area contributed by atoms with Crippen LogP contribution in [0.5, 0.6) is 0 Å². The van der Waals surface area contributed by atoms with Gasteiger partial charge in [0.2, 0.25) is 0 Å². The first-order valence-corrected chi connectivity index (χ1v) is 2.68. The number of carboxylic acids is 2. The zero-order valence-electron chi connectivity index (χ0n) is 4.44. The molecule has 1 atom stereocenters. The summed E-state index contributed by atoms with van der Waals surface area (Å²) in [4.78, 5) is 19.7. The molecule has 0 heterocycles. The summed E-state index contributed by atoms with van der Waals surface area (Å²) in [6, 6.07) is 0. The number of carboxylic acid groups (broad SMARTS) is 2. The second-order valence-electron chi connectivity index (χ2n) is 1.45. The second kappa shape index (κ2) is 8.58. The van der Waals surface area contributed by atoms with Gasteiger partial charge in [0.25, 0.3) is 0 Å². The first-order valence-electron chi connectivity index (χ1n) is 2.16. The standard InChI is InChI=1S/C4H6O4S.2Li.2H/c5-3(6)1-2(9)4(7)8;;;;/h2,9H,1H2,(H,5,6)(H,7,8);;;;. The van der Waals surface area contributed by atoms with E-state index in [1.807, 2.05) is 0 Å². The van der Waals surface area contributed by atoms with Crippen LogP contribution in [0.1, 0.15) is 6.42 Å². The summed E-state index contributed by atoms with van der Waals surface area (Å²) in [5.74, 6) is -2.36. The molecular formula is C4H8Li2O4S. The van der Waals surface area contributed by atoms with Crippen molar-refractivity contribution in [3.05, 3.63) is 0 Å². The van der Waals surface area contributed by atoms with E-state index < -0.39 is 23.6 Å². The van der Waals surface area contributed by atoms with Crippen LogP contribution in [0, 0.1) is 0 Å². The molecule has 4 nitrogen and oxygen atoms in total. The maximum absolute atomic E-state index is 9.90. The van der Waals surface area contributed by atoms with E-state index >= 15 is 0 Å². The first kappa shape index (κ1) is 17.5. The molecule has 0 radical (unpaired) electrons. The van der Waals surface area contributed by atoms with Gasteiger partial charge in [-0.15, -0.1) is 0 Å². The SMILES string of the molecule is O=C(O)CC(S)C(=O)O.[LiH].[LiH]. The molecule has 0 spiro atoms. The fourth-order valence-electron chi connectivity index (χ4n) is 0.253. The average Bonchev–Trinajstić information content (AvgIpc) is 1.63. The van der Waals surface area contributed by atoms with Gasteiger partial charge in [0.05, 0.1) is 6.42 Å². The summed E-state index contributed by atoms with van der Waals surface area (Å²) in [7, 11) is 0. The molecule has 0 amide bonds. The molecule has 0 aliphatic heterocycles. The molecule has 11 heavy (non-hydrogen) atoms. The molecule has 0 rings (SSSR count). The molecule has 7 heteroatoms. The minimum atomic E-state index is -1.21. The van der Waals surface area contributed by atoms with Crippen molar-refractivity contribution in [2.75, 3.05) is 0 Å². The monoisotopic (exact) mass is 166 g/mol. The van der Waals surface area contributed by atoms with E-state index in [2.05, 4.69) is 12.6 Å².